The van der Waals surface area contributed by atoms with Gasteiger partial charge in [-0.15, -0.1) is 0 Å². The van der Waals surface area contributed by atoms with Crippen LogP contribution in [0.1, 0.15) is 52.9 Å². The van der Waals surface area contributed by atoms with Crippen molar-refractivity contribution in [1.82, 2.24) is 0 Å². The third-order valence-corrected chi connectivity index (χ3v) is 7.43. The molecule has 4 saturated carbocycles. The molecule has 7 unspecified atom stereocenters. The molecule has 0 saturated heterocycles. The van der Waals surface area contributed by atoms with Crippen molar-refractivity contribution in [3.8, 4) is 0 Å². The molecule has 0 aromatic rings. The van der Waals surface area contributed by atoms with E-state index in [9.17, 15) is 4.79 Å². The lowest BCUT2D eigenvalue weighted by Crippen LogP contribution is -2.54. The van der Waals surface area contributed by atoms with Gasteiger partial charge in [-0.2, -0.15) is 0 Å². The highest BCUT2D eigenvalue weighted by molar-refractivity contribution is 5.87. The minimum absolute atomic E-state index is 0.160. The Bertz CT molecular complexity index is 487. The van der Waals surface area contributed by atoms with Gasteiger partial charge in [-0.05, 0) is 68.1 Å². The van der Waals surface area contributed by atoms with Crippen LogP contribution in [-0.2, 0) is 9.53 Å². The van der Waals surface area contributed by atoms with Crippen molar-refractivity contribution in [3.63, 3.8) is 0 Å². The van der Waals surface area contributed by atoms with E-state index in [1.165, 1.54) is 25.7 Å². The Kier molecular flexibility index (Phi) is 2.39. The number of esters is 1. The molecule has 4 aliphatic carbocycles. The topological polar surface area (TPSA) is 26.3 Å². The maximum Gasteiger partial charge on any atom is 0.333 e. The van der Waals surface area contributed by atoms with E-state index in [0.29, 0.717) is 28.7 Å². The van der Waals surface area contributed by atoms with Gasteiger partial charge in [-0.25, -0.2) is 4.79 Å². The molecule has 0 aliphatic heterocycles. The minimum Gasteiger partial charge on any atom is -0.455 e. The van der Waals surface area contributed by atoms with Gasteiger partial charge in [0.05, 0.1) is 0 Å². The number of ether oxygens (including phenoxy) is 1. The maximum absolute atomic E-state index is 12.2. The summed E-state index contributed by atoms with van der Waals surface area (Å²) in [7, 11) is 0. The molecule has 0 aromatic carbocycles. The van der Waals surface area contributed by atoms with Gasteiger partial charge in [0, 0.05) is 11.5 Å². The molecular weight excluding hydrogens is 248 g/mol. The Labute approximate surface area is 122 Å². The lowest BCUT2D eigenvalue weighted by molar-refractivity contribution is -0.183. The zero-order valence-corrected chi connectivity index (χ0v) is 12.9. The summed E-state index contributed by atoms with van der Waals surface area (Å²) in [5, 5.41) is 0. The number of hydrogen-bond acceptors (Lipinski definition) is 2. The Morgan fingerprint density at radius 1 is 1.30 bits per heavy atom. The average Bonchev–Trinajstić information content (AvgIpc) is 3.10. The summed E-state index contributed by atoms with van der Waals surface area (Å²) >= 11 is 0. The van der Waals surface area contributed by atoms with Crippen LogP contribution in [0.4, 0.5) is 0 Å². The van der Waals surface area contributed by atoms with Crippen LogP contribution in [0.25, 0.3) is 0 Å². The molecular formula is C18H26O2. The first kappa shape index (κ1) is 12.9. The molecule has 2 nitrogen and oxygen atoms in total. The quantitative estimate of drug-likeness (QED) is 0.573. The molecule has 7 atom stereocenters. The van der Waals surface area contributed by atoms with E-state index >= 15 is 0 Å². The molecule has 2 bridgehead atoms. The van der Waals surface area contributed by atoms with E-state index in [1.54, 1.807) is 6.92 Å². The first-order chi connectivity index (χ1) is 9.45. The van der Waals surface area contributed by atoms with Gasteiger partial charge in [0.2, 0.25) is 0 Å². The molecule has 0 radical (unpaired) electrons. The summed E-state index contributed by atoms with van der Waals surface area (Å²) in [4.78, 5) is 12.2. The predicted molar refractivity (Wildman–Crippen MR) is 78.0 cm³/mol. The second-order valence-electron chi connectivity index (χ2n) is 8.05. The Morgan fingerprint density at radius 2 is 2.05 bits per heavy atom. The smallest absolute Gasteiger partial charge is 0.333 e. The number of carbonyl (C=O) groups is 1. The van der Waals surface area contributed by atoms with E-state index in [-0.39, 0.29) is 11.6 Å². The third kappa shape index (κ3) is 1.25. The molecule has 2 heteroatoms. The number of fused-ring (bicyclic) bond motifs is 1. The van der Waals surface area contributed by atoms with Crippen molar-refractivity contribution in [2.24, 2.45) is 35.0 Å². The van der Waals surface area contributed by atoms with Crippen molar-refractivity contribution >= 4 is 5.97 Å². The highest BCUT2D eigenvalue weighted by atomic mass is 16.6. The van der Waals surface area contributed by atoms with Crippen molar-refractivity contribution in [2.75, 3.05) is 0 Å². The first-order valence-corrected chi connectivity index (χ1v) is 8.34. The van der Waals surface area contributed by atoms with Crippen LogP contribution < -0.4 is 0 Å². The summed E-state index contributed by atoms with van der Waals surface area (Å²) in [5.41, 5.74) is 1.08. The Balaban J connectivity index is 1.70. The van der Waals surface area contributed by atoms with Crippen LogP contribution in [0, 0.1) is 35.0 Å². The summed E-state index contributed by atoms with van der Waals surface area (Å²) in [6, 6.07) is 0. The van der Waals surface area contributed by atoms with E-state index in [0.717, 1.165) is 18.3 Å². The lowest BCUT2D eigenvalue weighted by Gasteiger charge is -2.50. The highest BCUT2D eigenvalue weighted by Gasteiger charge is 2.81. The van der Waals surface area contributed by atoms with E-state index in [4.69, 9.17) is 4.74 Å². The fraction of sp³-hybridized carbons (Fsp3) is 0.833. The van der Waals surface area contributed by atoms with Crippen LogP contribution in [0.5, 0.6) is 0 Å². The van der Waals surface area contributed by atoms with Crippen molar-refractivity contribution in [2.45, 2.75) is 58.5 Å². The molecule has 0 N–H and O–H groups in total. The average molecular weight is 274 g/mol. The van der Waals surface area contributed by atoms with Crippen LogP contribution in [0.3, 0.4) is 0 Å². The fourth-order valence-electron chi connectivity index (χ4n) is 6.25. The van der Waals surface area contributed by atoms with Crippen LogP contribution in [0.2, 0.25) is 0 Å². The van der Waals surface area contributed by atoms with Crippen molar-refractivity contribution in [3.05, 3.63) is 12.2 Å². The molecule has 110 valence electrons. The second kappa shape index (κ2) is 3.69. The third-order valence-electron chi connectivity index (χ3n) is 7.43. The molecule has 0 aromatic heterocycles. The monoisotopic (exact) mass is 274 g/mol. The van der Waals surface area contributed by atoms with Gasteiger partial charge in [0.15, 0.2) is 0 Å². The summed E-state index contributed by atoms with van der Waals surface area (Å²) in [6.45, 7) is 10.1. The van der Waals surface area contributed by atoms with Crippen molar-refractivity contribution in [1.29, 1.82) is 0 Å². The normalized spacial score (nSPS) is 51.8. The zero-order chi connectivity index (χ0) is 14.3. The van der Waals surface area contributed by atoms with Crippen LogP contribution >= 0.6 is 0 Å². The van der Waals surface area contributed by atoms with Gasteiger partial charge < -0.3 is 4.74 Å². The largest absolute Gasteiger partial charge is 0.455 e. The molecule has 4 aliphatic rings. The van der Waals surface area contributed by atoms with Gasteiger partial charge in [0.25, 0.3) is 0 Å². The molecule has 1 spiro atoms. The molecule has 4 rings (SSSR count). The summed E-state index contributed by atoms with van der Waals surface area (Å²) in [5.74, 6) is 3.38. The predicted octanol–water partition coefficient (Wildman–Crippen LogP) is 3.96. The Hall–Kier alpha value is -0.790. The Morgan fingerprint density at radius 3 is 2.70 bits per heavy atom. The molecule has 4 fully saturated rings. The zero-order valence-electron chi connectivity index (χ0n) is 12.9. The number of rotatable bonds is 4. The highest BCUT2D eigenvalue weighted by Crippen LogP contribution is 2.84. The van der Waals surface area contributed by atoms with Crippen LogP contribution in [0.15, 0.2) is 12.2 Å². The molecule has 0 heterocycles. The van der Waals surface area contributed by atoms with Crippen molar-refractivity contribution < 1.29 is 9.53 Å². The lowest BCUT2D eigenvalue weighted by atomic mass is 9.58. The standard InChI is InChI=1S/C18H26O2/c1-5-11(4)18(20-16(19)10(2)3)12-6-13-8-17(13)9-15(18)14(17)7-12/h11-15H,2,5-9H2,1,3-4H3. The van der Waals surface area contributed by atoms with Crippen LogP contribution in [-0.4, -0.2) is 11.6 Å². The van der Waals surface area contributed by atoms with Gasteiger partial charge in [-0.1, -0.05) is 20.4 Å². The van der Waals surface area contributed by atoms with Gasteiger partial charge >= 0.3 is 5.97 Å². The maximum atomic E-state index is 12.2. The van der Waals surface area contributed by atoms with Gasteiger partial charge in [0.1, 0.15) is 5.60 Å². The fourth-order valence-corrected chi connectivity index (χ4v) is 6.25. The molecule has 20 heavy (non-hydrogen) atoms. The number of hydrogen-bond donors (Lipinski definition) is 0. The van der Waals surface area contributed by atoms with E-state index < -0.39 is 0 Å². The first-order valence-electron chi connectivity index (χ1n) is 8.34. The second-order valence-corrected chi connectivity index (χ2v) is 8.05. The summed E-state index contributed by atoms with van der Waals surface area (Å²) in [6.07, 6.45) is 6.51. The van der Waals surface area contributed by atoms with E-state index in [1.807, 2.05) is 0 Å². The SMILES string of the molecule is C=C(C)C(=O)OC1(C(C)CC)C2CC3CC34CC1C4C2. The number of carbonyl (C=O) groups excluding carboxylic acids is 1. The summed E-state index contributed by atoms with van der Waals surface area (Å²) < 4.78 is 6.20. The minimum atomic E-state index is -0.172. The van der Waals surface area contributed by atoms with E-state index in [2.05, 4.69) is 20.4 Å². The van der Waals surface area contributed by atoms with Gasteiger partial charge in [-0.3, -0.25) is 0 Å². The molecule has 0 amide bonds.